The molecule has 152 valence electrons. The van der Waals surface area contributed by atoms with E-state index in [1.54, 1.807) is 6.20 Å². The maximum atomic E-state index is 11.2. The van der Waals surface area contributed by atoms with Crippen molar-refractivity contribution in [1.29, 1.82) is 0 Å². The number of unbranched alkanes of at least 4 members (excludes halogenated alkanes) is 1. The number of aliphatic imine (C=N–C) groups is 1. The molecule has 0 aromatic carbocycles. The molecule has 7 nitrogen and oxygen atoms in total. The fourth-order valence-electron chi connectivity index (χ4n) is 3.10. The van der Waals surface area contributed by atoms with E-state index in [9.17, 15) is 4.79 Å². The van der Waals surface area contributed by atoms with E-state index in [0.717, 1.165) is 70.1 Å². The van der Waals surface area contributed by atoms with Gasteiger partial charge in [0.1, 0.15) is 0 Å². The fourth-order valence-corrected chi connectivity index (χ4v) is 3.10. The minimum Gasteiger partial charge on any atom is -0.369 e. The zero-order valence-corrected chi connectivity index (χ0v) is 18.5. The molecule has 2 heterocycles. The Morgan fingerprint density at radius 1 is 1.30 bits per heavy atom. The highest BCUT2D eigenvalue weighted by atomic mass is 127. The molecule has 1 aromatic rings. The number of piperidine rings is 1. The van der Waals surface area contributed by atoms with Gasteiger partial charge in [-0.1, -0.05) is 6.07 Å². The molecule has 0 aliphatic carbocycles. The molecule has 1 amide bonds. The minimum absolute atomic E-state index is 0. The number of hydrogen-bond donors (Lipinski definition) is 3. The van der Waals surface area contributed by atoms with Crippen LogP contribution in [0.2, 0.25) is 0 Å². The van der Waals surface area contributed by atoms with Crippen molar-refractivity contribution in [1.82, 2.24) is 20.5 Å². The van der Waals surface area contributed by atoms with Crippen LogP contribution in [0.4, 0.5) is 0 Å². The van der Waals surface area contributed by atoms with E-state index in [0.29, 0.717) is 6.54 Å². The fraction of sp³-hybridized carbons (Fsp3) is 0.632. The third-order valence-electron chi connectivity index (χ3n) is 4.65. The van der Waals surface area contributed by atoms with Gasteiger partial charge in [0, 0.05) is 25.2 Å². The first-order chi connectivity index (χ1) is 12.7. The molecule has 1 aliphatic rings. The summed E-state index contributed by atoms with van der Waals surface area (Å²) in [6.45, 7) is 7.41. The largest absolute Gasteiger partial charge is 0.369 e. The summed E-state index contributed by atoms with van der Waals surface area (Å²) in [5, 5.41) is 6.65. The maximum absolute atomic E-state index is 11.2. The Labute approximate surface area is 179 Å². The number of carbonyl (C=O) groups is 1. The molecule has 1 fully saturated rings. The number of nitrogens with one attached hydrogen (secondary N) is 2. The predicted octanol–water partition coefficient (Wildman–Crippen LogP) is 1.73. The number of hydrogen-bond acceptors (Lipinski definition) is 4. The lowest BCUT2D eigenvalue weighted by Crippen LogP contribution is -2.39. The third-order valence-corrected chi connectivity index (χ3v) is 4.65. The van der Waals surface area contributed by atoms with Crippen LogP contribution in [0.3, 0.4) is 0 Å². The van der Waals surface area contributed by atoms with Crippen LogP contribution in [0.25, 0.3) is 0 Å². The number of aromatic nitrogens is 1. The summed E-state index contributed by atoms with van der Waals surface area (Å²) in [4.78, 5) is 22.5. The molecule has 8 heteroatoms. The van der Waals surface area contributed by atoms with E-state index in [-0.39, 0.29) is 35.8 Å². The number of guanidine groups is 1. The number of likely N-dealkylation sites (tertiary alicyclic amines) is 1. The molecule has 2 rings (SSSR count). The van der Waals surface area contributed by atoms with Crippen molar-refractivity contribution in [2.45, 2.75) is 39.2 Å². The number of halogens is 1. The van der Waals surface area contributed by atoms with Crippen LogP contribution >= 0.6 is 24.0 Å². The Bertz CT molecular complexity index is 561. The second-order valence-electron chi connectivity index (χ2n) is 6.67. The Hall–Kier alpha value is -1.42. The molecule has 1 aliphatic heterocycles. The van der Waals surface area contributed by atoms with Gasteiger partial charge in [-0.15, -0.1) is 24.0 Å². The van der Waals surface area contributed by atoms with Crippen LogP contribution in [0, 0.1) is 5.92 Å². The summed E-state index contributed by atoms with van der Waals surface area (Å²) < 4.78 is 0. The zero-order valence-electron chi connectivity index (χ0n) is 16.2. The molecular formula is C19H33IN6O. The van der Waals surface area contributed by atoms with Crippen LogP contribution < -0.4 is 16.4 Å². The van der Waals surface area contributed by atoms with Gasteiger partial charge >= 0.3 is 0 Å². The molecule has 0 spiro atoms. The second-order valence-corrected chi connectivity index (χ2v) is 6.67. The highest BCUT2D eigenvalue weighted by Gasteiger charge is 2.22. The number of rotatable bonds is 9. The van der Waals surface area contributed by atoms with Crippen LogP contribution in [-0.4, -0.2) is 54.5 Å². The molecule has 0 radical (unpaired) electrons. The van der Waals surface area contributed by atoms with E-state index in [1.807, 2.05) is 18.2 Å². The standard InChI is InChI=1S/C19H32N6O.HI/c1-2-21-19(24-15-17-7-3-4-10-22-17)23-11-5-6-12-25-13-8-16(9-14-25)18(20)26;/h3-4,7,10,16H,2,5-6,8-9,11-15H2,1H3,(H2,20,26)(H2,21,23,24);1H. The Morgan fingerprint density at radius 2 is 2.07 bits per heavy atom. The summed E-state index contributed by atoms with van der Waals surface area (Å²) >= 11 is 0. The Morgan fingerprint density at radius 3 is 2.70 bits per heavy atom. The predicted molar refractivity (Wildman–Crippen MR) is 120 cm³/mol. The summed E-state index contributed by atoms with van der Waals surface area (Å²) in [6.07, 6.45) is 5.81. The number of nitrogens with two attached hydrogens (primary N) is 1. The number of pyridine rings is 1. The lowest BCUT2D eigenvalue weighted by Gasteiger charge is -2.30. The summed E-state index contributed by atoms with van der Waals surface area (Å²) in [5.74, 6) is 0.765. The van der Waals surface area contributed by atoms with Crippen LogP contribution in [0.5, 0.6) is 0 Å². The number of primary amides is 1. The van der Waals surface area contributed by atoms with Crippen molar-refractivity contribution < 1.29 is 4.79 Å². The maximum Gasteiger partial charge on any atom is 0.220 e. The summed E-state index contributed by atoms with van der Waals surface area (Å²) in [5.41, 5.74) is 6.34. The number of nitrogens with zero attached hydrogens (tertiary/aromatic N) is 3. The Kier molecular flexibility index (Phi) is 12.0. The molecule has 0 atom stereocenters. The normalized spacial score (nSPS) is 15.8. The van der Waals surface area contributed by atoms with E-state index in [1.165, 1.54) is 0 Å². The number of carbonyl (C=O) groups excluding carboxylic acids is 1. The van der Waals surface area contributed by atoms with Crippen molar-refractivity contribution in [3.8, 4) is 0 Å². The van der Waals surface area contributed by atoms with Gasteiger partial charge in [-0.2, -0.15) is 0 Å². The van der Waals surface area contributed by atoms with Crippen LogP contribution in [0.1, 0.15) is 38.3 Å². The quantitative estimate of drug-likeness (QED) is 0.213. The average Bonchev–Trinajstić information content (AvgIpc) is 2.67. The summed E-state index contributed by atoms with van der Waals surface area (Å²) in [7, 11) is 0. The lowest BCUT2D eigenvalue weighted by molar-refractivity contribution is -0.123. The van der Waals surface area contributed by atoms with E-state index < -0.39 is 0 Å². The van der Waals surface area contributed by atoms with Crippen LogP contribution in [-0.2, 0) is 11.3 Å². The molecule has 27 heavy (non-hydrogen) atoms. The average molecular weight is 488 g/mol. The molecule has 1 aromatic heterocycles. The van der Waals surface area contributed by atoms with E-state index in [2.05, 4.69) is 32.4 Å². The topological polar surface area (TPSA) is 95.6 Å². The van der Waals surface area contributed by atoms with E-state index >= 15 is 0 Å². The second kappa shape index (κ2) is 13.7. The number of amides is 1. The van der Waals surface area contributed by atoms with Gasteiger partial charge in [-0.25, -0.2) is 4.99 Å². The van der Waals surface area contributed by atoms with Gasteiger partial charge < -0.3 is 21.3 Å². The van der Waals surface area contributed by atoms with Gasteiger partial charge in [0.2, 0.25) is 5.91 Å². The first-order valence-corrected chi connectivity index (χ1v) is 9.62. The monoisotopic (exact) mass is 488 g/mol. The highest BCUT2D eigenvalue weighted by Crippen LogP contribution is 2.16. The van der Waals surface area contributed by atoms with Gasteiger partial charge in [-0.3, -0.25) is 9.78 Å². The molecule has 0 bridgehead atoms. The smallest absolute Gasteiger partial charge is 0.220 e. The van der Waals surface area contributed by atoms with Crippen molar-refractivity contribution >= 4 is 35.8 Å². The zero-order chi connectivity index (χ0) is 18.6. The van der Waals surface area contributed by atoms with Crippen molar-refractivity contribution in [2.24, 2.45) is 16.6 Å². The minimum atomic E-state index is -0.144. The van der Waals surface area contributed by atoms with Crippen molar-refractivity contribution in [3.05, 3.63) is 30.1 Å². The molecule has 1 saturated heterocycles. The first kappa shape index (κ1) is 23.6. The van der Waals surface area contributed by atoms with Gasteiger partial charge in [0.25, 0.3) is 0 Å². The Balaban J connectivity index is 0.00000364. The molecule has 0 unspecified atom stereocenters. The molecular weight excluding hydrogens is 455 g/mol. The molecule has 0 saturated carbocycles. The summed E-state index contributed by atoms with van der Waals surface area (Å²) in [6, 6.07) is 5.87. The van der Waals surface area contributed by atoms with Crippen molar-refractivity contribution in [3.63, 3.8) is 0 Å². The lowest BCUT2D eigenvalue weighted by atomic mass is 9.96. The van der Waals surface area contributed by atoms with Crippen molar-refractivity contribution in [2.75, 3.05) is 32.7 Å². The molecule has 4 N–H and O–H groups in total. The SMILES string of the molecule is CCNC(=NCc1ccccn1)NCCCCN1CCC(C(N)=O)CC1.I. The van der Waals surface area contributed by atoms with Gasteiger partial charge in [0.15, 0.2) is 5.96 Å². The van der Waals surface area contributed by atoms with Crippen LogP contribution in [0.15, 0.2) is 29.4 Å². The van der Waals surface area contributed by atoms with E-state index in [4.69, 9.17) is 5.73 Å². The van der Waals surface area contributed by atoms with Gasteiger partial charge in [-0.05, 0) is 64.4 Å². The first-order valence-electron chi connectivity index (χ1n) is 9.62. The van der Waals surface area contributed by atoms with Gasteiger partial charge in [0.05, 0.1) is 12.2 Å². The highest BCUT2D eigenvalue weighted by molar-refractivity contribution is 14.0. The third kappa shape index (κ3) is 9.37.